The van der Waals surface area contributed by atoms with E-state index in [1.54, 1.807) is 0 Å². The molecule has 0 N–H and O–H groups in total. The molecule has 1 unspecified atom stereocenters. The Bertz CT molecular complexity index is 445. The van der Waals surface area contributed by atoms with Crippen LogP contribution in [0.3, 0.4) is 0 Å². The fraction of sp³-hybridized carbons (Fsp3) is 0.926. The predicted molar refractivity (Wildman–Crippen MR) is 151 cm³/mol. The van der Waals surface area contributed by atoms with Crippen molar-refractivity contribution in [3.63, 3.8) is 0 Å². The molecule has 31 heavy (non-hydrogen) atoms. The quantitative estimate of drug-likeness (QED) is 0.0387. The average Bonchev–Trinajstić information content (AvgIpc) is 2.68. The third-order valence-electron chi connectivity index (χ3n) is 6.65. The first kappa shape index (κ1) is 31.6. The highest BCUT2D eigenvalue weighted by atomic mass is 127. The summed E-state index contributed by atoms with van der Waals surface area (Å²) in [5.41, 5.74) is 0. The van der Waals surface area contributed by atoms with E-state index in [0.717, 1.165) is 6.42 Å². The standard InChI is InChI=1S/C27H55IO2Si/c1-9-12-14-16-18-20-23-25(28)26(30-31(7,8)27(4,5)6)29-24(21-11-3)22-19-17-15-13-10-2/h11,21,24-26H,9-10,12-20,22-23H2,1-8H3/b21-11-/t24?,25-,26-/m0/s1. The maximum absolute atomic E-state index is 6.86. The van der Waals surface area contributed by atoms with E-state index < -0.39 is 8.32 Å². The minimum atomic E-state index is -1.89. The van der Waals surface area contributed by atoms with Gasteiger partial charge in [0.15, 0.2) is 14.6 Å². The third-order valence-corrected chi connectivity index (χ3v) is 12.3. The smallest absolute Gasteiger partial charge is 0.195 e. The molecule has 4 heteroatoms. The number of hydrogen-bond donors (Lipinski definition) is 0. The van der Waals surface area contributed by atoms with Gasteiger partial charge in [0, 0.05) is 0 Å². The van der Waals surface area contributed by atoms with E-state index in [9.17, 15) is 0 Å². The van der Waals surface area contributed by atoms with E-state index in [4.69, 9.17) is 9.16 Å². The fourth-order valence-corrected chi connectivity index (χ4v) is 5.64. The van der Waals surface area contributed by atoms with Gasteiger partial charge in [-0.15, -0.1) is 0 Å². The Morgan fingerprint density at radius 2 is 1.29 bits per heavy atom. The first-order valence-corrected chi connectivity index (χ1v) is 17.3. The first-order valence-electron chi connectivity index (χ1n) is 13.2. The van der Waals surface area contributed by atoms with E-state index >= 15 is 0 Å². The number of allylic oxidation sites excluding steroid dienone is 1. The Morgan fingerprint density at radius 1 is 0.806 bits per heavy atom. The van der Waals surface area contributed by atoms with Gasteiger partial charge in [-0.3, -0.25) is 0 Å². The van der Waals surface area contributed by atoms with Crippen molar-refractivity contribution < 1.29 is 9.16 Å². The Balaban J connectivity index is 5.00. The van der Waals surface area contributed by atoms with Crippen LogP contribution in [0.4, 0.5) is 0 Å². The van der Waals surface area contributed by atoms with E-state index in [-0.39, 0.29) is 17.4 Å². The molecule has 0 spiro atoms. The normalized spacial score (nSPS) is 16.0. The SMILES string of the molecule is C/C=C\C(CCCCCCC)O[C@@H](O[Si](C)(C)C(C)(C)C)[C@@H](I)CCCCCCCC. The van der Waals surface area contributed by atoms with Crippen molar-refractivity contribution in [2.45, 2.75) is 159 Å². The Labute approximate surface area is 211 Å². The van der Waals surface area contributed by atoms with E-state index in [0.29, 0.717) is 3.92 Å². The minimum absolute atomic E-state index is 0.103. The highest BCUT2D eigenvalue weighted by Crippen LogP contribution is 2.39. The summed E-state index contributed by atoms with van der Waals surface area (Å²) in [4.78, 5) is 0. The van der Waals surface area contributed by atoms with Gasteiger partial charge in [-0.25, -0.2) is 0 Å². The van der Waals surface area contributed by atoms with Gasteiger partial charge in [0.25, 0.3) is 0 Å². The van der Waals surface area contributed by atoms with Gasteiger partial charge in [-0.2, -0.15) is 0 Å². The van der Waals surface area contributed by atoms with Crippen molar-refractivity contribution in [3.05, 3.63) is 12.2 Å². The molecule has 0 saturated heterocycles. The molecule has 0 bridgehead atoms. The molecular formula is C27H55IO2Si. The second-order valence-corrected chi connectivity index (χ2v) is 17.1. The van der Waals surface area contributed by atoms with Crippen LogP contribution in [-0.2, 0) is 9.16 Å². The summed E-state index contributed by atoms with van der Waals surface area (Å²) in [6, 6.07) is 0. The summed E-state index contributed by atoms with van der Waals surface area (Å²) >= 11 is 2.61. The second kappa shape index (κ2) is 18.0. The predicted octanol–water partition coefficient (Wildman–Crippen LogP) is 10.2. The zero-order chi connectivity index (χ0) is 23.8. The molecule has 186 valence electrons. The molecule has 0 rings (SSSR count). The number of hydrogen-bond acceptors (Lipinski definition) is 2. The summed E-state index contributed by atoms with van der Waals surface area (Å²) in [6.45, 7) is 18.3. The van der Waals surface area contributed by atoms with Crippen LogP contribution < -0.4 is 0 Å². The number of ether oxygens (including phenoxy) is 1. The van der Waals surface area contributed by atoms with Gasteiger partial charge >= 0.3 is 0 Å². The number of halogens is 1. The molecule has 0 aromatic heterocycles. The topological polar surface area (TPSA) is 18.5 Å². The van der Waals surface area contributed by atoms with Gasteiger partial charge in [-0.1, -0.05) is 140 Å². The summed E-state index contributed by atoms with van der Waals surface area (Å²) in [7, 11) is -1.89. The van der Waals surface area contributed by atoms with Crippen molar-refractivity contribution in [1.82, 2.24) is 0 Å². The van der Waals surface area contributed by atoms with Gasteiger partial charge in [0.2, 0.25) is 0 Å². The van der Waals surface area contributed by atoms with Crippen molar-refractivity contribution >= 4 is 30.9 Å². The summed E-state index contributed by atoms with van der Waals surface area (Å²) in [6.07, 6.45) is 21.3. The zero-order valence-electron chi connectivity index (χ0n) is 22.3. The molecular weight excluding hydrogens is 511 g/mol. The van der Waals surface area contributed by atoms with Crippen LogP contribution in [-0.4, -0.2) is 24.6 Å². The largest absolute Gasteiger partial charge is 0.391 e. The molecule has 3 atom stereocenters. The van der Waals surface area contributed by atoms with Crippen LogP contribution >= 0.6 is 22.6 Å². The zero-order valence-corrected chi connectivity index (χ0v) is 25.4. The van der Waals surface area contributed by atoms with Crippen LogP contribution in [0.5, 0.6) is 0 Å². The monoisotopic (exact) mass is 566 g/mol. The van der Waals surface area contributed by atoms with Gasteiger partial charge in [-0.05, 0) is 37.9 Å². The molecule has 0 radical (unpaired) electrons. The first-order chi connectivity index (χ1) is 14.6. The van der Waals surface area contributed by atoms with E-state index in [1.807, 2.05) is 0 Å². The van der Waals surface area contributed by atoms with Crippen molar-refractivity contribution in [1.29, 1.82) is 0 Å². The number of unbranched alkanes of at least 4 members (excludes halogenated alkanes) is 9. The van der Waals surface area contributed by atoms with E-state index in [1.165, 1.54) is 77.0 Å². The molecule has 0 heterocycles. The van der Waals surface area contributed by atoms with Crippen molar-refractivity contribution in [3.8, 4) is 0 Å². The lowest BCUT2D eigenvalue weighted by Gasteiger charge is -2.41. The lowest BCUT2D eigenvalue weighted by molar-refractivity contribution is -0.112. The van der Waals surface area contributed by atoms with Crippen LogP contribution in [0.15, 0.2) is 12.2 Å². The molecule has 0 aliphatic heterocycles. The lowest BCUT2D eigenvalue weighted by Crippen LogP contribution is -2.47. The number of rotatable bonds is 19. The maximum Gasteiger partial charge on any atom is 0.195 e. The Kier molecular flexibility index (Phi) is 18.4. The number of alkyl halides is 1. The fourth-order valence-electron chi connectivity index (χ4n) is 3.46. The molecule has 0 aromatic carbocycles. The average molecular weight is 567 g/mol. The molecule has 0 aliphatic rings. The van der Waals surface area contributed by atoms with Gasteiger partial charge in [0.1, 0.15) is 0 Å². The highest BCUT2D eigenvalue weighted by Gasteiger charge is 2.41. The Hall–Kier alpha value is 0.607. The van der Waals surface area contributed by atoms with Crippen LogP contribution in [0.1, 0.15) is 125 Å². The Morgan fingerprint density at radius 3 is 1.77 bits per heavy atom. The van der Waals surface area contributed by atoms with Crippen LogP contribution in [0, 0.1) is 0 Å². The molecule has 0 fully saturated rings. The van der Waals surface area contributed by atoms with Gasteiger partial charge < -0.3 is 9.16 Å². The lowest BCUT2D eigenvalue weighted by atomic mass is 10.1. The molecule has 0 aromatic rings. The minimum Gasteiger partial charge on any atom is -0.391 e. The molecule has 2 nitrogen and oxygen atoms in total. The molecule has 0 saturated carbocycles. The third kappa shape index (κ3) is 15.2. The molecule has 0 aliphatic carbocycles. The summed E-state index contributed by atoms with van der Waals surface area (Å²) < 4.78 is 14.0. The van der Waals surface area contributed by atoms with Crippen molar-refractivity contribution in [2.24, 2.45) is 0 Å². The van der Waals surface area contributed by atoms with Crippen LogP contribution in [0.2, 0.25) is 18.1 Å². The summed E-state index contributed by atoms with van der Waals surface area (Å²) in [5.74, 6) is 0. The van der Waals surface area contributed by atoms with Gasteiger partial charge in [0.05, 0.1) is 10.0 Å². The van der Waals surface area contributed by atoms with E-state index in [2.05, 4.69) is 89.4 Å². The maximum atomic E-state index is 6.86. The second-order valence-electron chi connectivity index (χ2n) is 10.7. The highest BCUT2D eigenvalue weighted by molar-refractivity contribution is 14.1. The molecule has 0 amide bonds. The summed E-state index contributed by atoms with van der Waals surface area (Å²) in [5, 5.41) is 0.196. The van der Waals surface area contributed by atoms with Crippen LogP contribution in [0.25, 0.3) is 0 Å². The van der Waals surface area contributed by atoms with Crippen molar-refractivity contribution in [2.75, 3.05) is 0 Å².